The second-order valence-corrected chi connectivity index (χ2v) is 5.20. The summed E-state index contributed by atoms with van der Waals surface area (Å²) in [5.74, 6) is 1.20. The molecule has 1 unspecified atom stereocenters. The van der Waals surface area contributed by atoms with Crippen LogP contribution in [0.3, 0.4) is 0 Å². The van der Waals surface area contributed by atoms with Gasteiger partial charge in [-0.15, -0.1) is 0 Å². The molecule has 1 atom stereocenters. The third kappa shape index (κ3) is 4.04. The molecule has 0 bridgehead atoms. The maximum Gasteiger partial charge on any atom is 0.276 e. The molecule has 116 valence electrons. The highest BCUT2D eigenvalue weighted by Gasteiger charge is 2.22. The van der Waals surface area contributed by atoms with Crippen molar-refractivity contribution in [3.05, 3.63) is 22.2 Å². The molecule has 2 rings (SSSR count). The lowest BCUT2D eigenvalue weighted by Crippen LogP contribution is -2.39. The molecule has 0 amide bonds. The highest BCUT2D eigenvalue weighted by atomic mass is 16.6. The first-order valence-electron chi connectivity index (χ1n) is 7.32. The monoisotopic (exact) mass is 294 g/mol. The van der Waals surface area contributed by atoms with Crippen molar-refractivity contribution in [3.63, 3.8) is 0 Å². The van der Waals surface area contributed by atoms with Crippen molar-refractivity contribution in [2.24, 2.45) is 0 Å². The highest BCUT2D eigenvalue weighted by Crippen LogP contribution is 2.26. The molecule has 1 aromatic heterocycles. The molecule has 7 nitrogen and oxygen atoms in total. The molecule has 1 saturated heterocycles. The summed E-state index contributed by atoms with van der Waals surface area (Å²) in [7, 11) is 1.70. The Kier molecular flexibility index (Phi) is 5.32. The fourth-order valence-electron chi connectivity index (χ4n) is 2.45. The molecule has 0 radical (unpaired) electrons. The summed E-state index contributed by atoms with van der Waals surface area (Å²) >= 11 is 0. The van der Waals surface area contributed by atoms with Crippen molar-refractivity contribution in [1.29, 1.82) is 0 Å². The number of hydrogen-bond acceptors (Lipinski definition) is 6. The van der Waals surface area contributed by atoms with Gasteiger partial charge in [0.15, 0.2) is 0 Å². The smallest absolute Gasteiger partial charge is 0.276 e. The maximum atomic E-state index is 11.1. The summed E-state index contributed by atoms with van der Waals surface area (Å²) < 4.78 is 5.40. The molecule has 1 aromatic rings. The summed E-state index contributed by atoms with van der Waals surface area (Å²) in [6.07, 6.45) is 3.12. The Morgan fingerprint density at radius 2 is 2.38 bits per heavy atom. The maximum absolute atomic E-state index is 11.1. The lowest BCUT2D eigenvalue weighted by molar-refractivity contribution is -0.384. The fraction of sp³-hybridized carbons (Fsp3) is 0.643. The van der Waals surface area contributed by atoms with Gasteiger partial charge >= 0.3 is 0 Å². The predicted molar refractivity (Wildman–Crippen MR) is 81.9 cm³/mol. The van der Waals surface area contributed by atoms with Crippen LogP contribution < -0.4 is 10.2 Å². The van der Waals surface area contributed by atoms with Crippen LogP contribution >= 0.6 is 0 Å². The Morgan fingerprint density at radius 1 is 1.57 bits per heavy atom. The van der Waals surface area contributed by atoms with Gasteiger partial charge in [0.25, 0.3) is 5.69 Å². The van der Waals surface area contributed by atoms with Crippen molar-refractivity contribution < 1.29 is 9.66 Å². The molecule has 1 aliphatic heterocycles. The largest absolute Gasteiger partial charge is 0.380 e. The molecular formula is C14H22N4O3. The van der Waals surface area contributed by atoms with Crippen molar-refractivity contribution in [3.8, 4) is 0 Å². The number of hydrogen-bond donors (Lipinski definition) is 1. The van der Waals surface area contributed by atoms with E-state index >= 15 is 0 Å². The average Bonchev–Trinajstić information content (AvgIpc) is 2.52. The van der Waals surface area contributed by atoms with Crippen LogP contribution in [-0.4, -0.2) is 42.8 Å². The average molecular weight is 294 g/mol. The Hall–Kier alpha value is -1.89. The van der Waals surface area contributed by atoms with Crippen molar-refractivity contribution in [1.82, 2.24) is 4.98 Å². The number of methoxy groups -OCH3 is 1. The lowest BCUT2D eigenvalue weighted by atomic mass is 10.1. The highest BCUT2D eigenvalue weighted by molar-refractivity contribution is 5.56. The summed E-state index contributed by atoms with van der Waals surface area (Å²) in [4.78, 5) is 17.3. The van der Waals surface area contributed by atoms with Gasteiger partial charge in [0, 0.05) is 26.7 Å². The first-order chi connectivity index (χ1) is 10.1. The van der Waals surface area contributed by atoms with E-state index in [1.54, 1.807) is 7.11 Å². The molecule has 0 aromatic carbocycles. The zero-order chi connectivity index (χ0) is 15.2. The number of aromatic nitrogens is 1. The predicted octanol–water partition coefficient (Wildman–Crippen LogP) is 2.43. The summed E-state index contributed by atoms with van der Waals surface area (Å²) in [5.41, 5.74) is 0.0677. The van der Waals surface area contributed by atoms with Crippen LogP contribution in [-0.2, 0) is 4.74 Å². The van der Waals surface area contributed by atoms with E-state index in [2.05, 4.69) is 15.2 Å². The van der Waals surface area contributed by atoms with Gasteiger partial charge in [-0.3, -0.25) is 10.1 Å². The van der Waals surface area contributed by atoms with Crippen LogP contribution in [0.5, 0.6) is 0 Å². The van der Waals surface area contributed by atoms with Crippen LogP contribution in [0.1, 0.15) is 26.2 Å². The number of rotatable bonds is 6. The molecule has 2 heterocycles. The molecule has 7 heteroatoms. The second-order valence-electron chi connectivity index (χ2n) is 5.20. The second kappa shape index (κ2) is 7.21. The molecule has 1 aliphatic rings. The number of nitro groups is 1. The minimum absolute atomic E-state index is 0.0677. The Labute approximate surface area is 124 Å². The van der Waals surface area contributed by atoms with Gasteiger partial charge in [0.2, 0.25) is 0 Å². The Morgan fingerprint density at radius 3 is 3.05 bits per heavy atom. The van der Waals surface area contributed by atoms with E-state index in [1.807, 2.05) is 6.92 Å². The minimum Gasteiger partial charge on any atom is -0.380 e. The molecule has 21 heavy (non-hydrogen) atoms. The first kappa shape index (κ1) is 15.5. The van der Waals surface area contributed by atoms with E-state index in [1.165, 1.54) is 12.1 Å². The third-order valence-corrected chi connectivity index (χ3v) is 3.60. The van der Waals surface area contributed by atoms with Crippen LogP contribution in [0.2, 0.25) is 0 Å². The number of ether oxygens (including phenoxy) is 1. The van der Waals surface area contributed by atoms with E-state index in [0.29, 0.717) is 11.6 Å². The van der Waals surface area contributed by atoms with E-state index in [-0.39, 0.29) is 16.7 Å². The standard InChI is InChI=1S/C14H22N4O3/c1-3-6-15-13-8-11(18(19)20)9-14(16-13)17-7-4-5-12(10-17)21-2/h8-9,12H,3-7,10H2,1-2H3,(H,15,16). The van der Waals surface area contributed by atoms with Crippen LogP contribution in [0, 0.1) is 10.1 Å². The van der Waals surface area contributed by atoms with Gasteiger partial charge in [-0.05, 0) is 19.3 Å². The van der Waals surface area contributed by atoms with Crippen molar-refractivity contribution in [2.75, 3.05) is 37.0 Å². The van der Waals surface area contributed by atoms with Gasteiger partial charge < -0.3 is 15.0 Å². The molecule has 1 fully saturated rings. The number of pyridine rings is 1. The number of anilines is 2. The topological polar surface area (TPSA) is 80.5 Å². The van der Waals surface area contributed by atoms with Crippen LogP contribution in [0.25, 0.3) is 0 Å². The molecule has 0 saturated carbocycles. The lowest BCUT2D eigenvalue weighted by Gasteiger charge is -2.32. The molecule has 1 N–H and O–H groups in total. The van der Waals surface area contributed by atoms with Gasteiger partial charge in [0.05, 0.1) is 23.2 Å². The summed E-state index contributed by atoms with van der Waals surface area (Å²) in [5, 5.41) is 14.2. The third-order valence-electron chi connectivity index (χ3n) is 3.60. The van der Waals surface area contributed by atoms with Crippen molar-refractivity contribution in [2.45, 2.75) is 32.3 Å². The number of nitrogens with one attached hydrogen (secondary N) is 1. The van der Waals surface area contributed by atoms with Crippen LogP contribution in [0.4, 0.5) is 17.3 Å². The van der Waals surface area contributed by atoms with Crippen molar-refractivity contribution >= 4 is 17.3 Å². The minimum atomic E-state index is -0.375. The van der Waals surface area contributed by atoms with E-state index in [9.17, 15) is 10.1 Å². The molecular weight excluding hydrogens is 272 g/mol. The summed E-state index contributed by atoms with van der Waals surface area (Å²) in [6.45, 7) is 4.35. The SMILES string of the molecule is CCCNc1cc([N+](=O)[O-])cc(N2CCCC(OC)C2)n1. The zero-order valence-electron chi connectivity index (χ0n) is 12.5. The molecule has 0 spiro atoms. The van der Waals surface area contributed by atoms with E-state index in [0.717, 1.165) is 38.9 Å². The summed E-state index contributed by atoms with van der Waals surface area (Å²) in [6, 6.07) is 3.02. The first-order valence-corrected chi connectivity index (χ1v) is 7.32. The van der Waals surface area contributed by atoms with Gasteiger partial charge in [0.1, 0.15) is 11.6 Å². The van der Waals surface area contributed by atoms with Gasteiger partial charge in [-0.2, -0.15) is 0 Å². The normalized spacial score (nSPS) is 18.6. The fourth-order valence-corrected chi connectivity index (χ4v) is 2.45. The van der Waals surface area contributed by atoms with Gasteiger partial charge in [-0.1, -0.05) is 6.92 Å². The Bertz CT molecular complexity index is 495. The van der Waals surface area contributed by atoms with E-state index < -0.39 is 0 Å². The van der Waals surface area contributed by atoms with Gasteiger partial charge in [-0.25, -0.2) is 4.98 Å². The number of piperidine rings is 1. The zero-order valence-corrected chi connectivity index (χ0v) is 12.5. The molecule has 0 aliphatic carbocycles. The van der Waals surface area contributed by atoms with E-state index in [4.69, 9.17) is 4.74 Å². The number of nitrogens with zero attached hydrogens (tertiary/aromatic N) is 3. The van der Waals surface area contributed by atoms with Crippen LogP contribution in [0.15, 0.2) is 12.1 Å². The quantitative estimate of drug-likeness (QED) is 0.641. The Balaban J connectivity index is 2.24.